The molecule has 21 heavy (non-hydrogen) atoms. The van der Waals surface area contributed by atoms with E-state index in [0.29, 0.717) is 5.75 Å². The third kappa shape index (κ3) is 3.21. The molecule has 2 aromatic rings. The van der Waals surface area contributed by atoms with E-state index in [1.807, 2.05) is 41.3 Å². The van der Waals surface area contributed by atoms with Gasteiger partial charge in [-0.15, -0.1) is 0 Å². The second-order valence-electron chi connectivity index (χ2n) is 5.37. The van der Waals surface area contributed by atoms with Crippen LogP contribution in [0.5, 0.6) is 5.75 Å². The first kappa shape index (κ1) is 14.4. The number of hydrogen-bond donors (Lipinski definition) is 0. The topological polar surface area (TPSA) is 29.5 Å². The third-order valence-corrected chi connectivity index (χ3v) is 4.71. The maximum atomic E-state index is 12.3. The van der Waals surface area contributed by atoms with Crippen LogP contribution >= 0.6 is 15.9 Å². The first-order valence-corrected chi connectivity index (χ1v) is 8.19. The quantitative estimate of drug-likeness (QED) is 0.728. The summed E-state index contributed by atoms with van der Waals surface area (Å²) in [5, 5.41) is 2.18. The fraction of sp³-hybridized carbons (Fsp3) is 0.353. The molecule has 1 fully saturated rings. The second kappa shape index (κ2) is 6.48. The van der Waals surface area contributed by atoms with Crippen LogP contribution in [0.2, 0.25) is 0 Å². The molecule has 0 N–H and O–H groups in total. The average molecular weight is 348 g/mol. The van der Waals surface area contributed by atoms with Crippen LogP contribution in [0.3, 0.4) is 0 Å². The van der Waals surface area contributed by atoms with Gasteiger partial charge in [-0.2, -0.15) is 0 Å². The minimum atomic E-state index is -0.243. The van der Waals surface area contributed by atoms with Gasteiger partial charge in [-0.3, -0.25) is 0 Å². The highest BCUT2D eigenvalue weighted by atomic mass is 79.9. The highest BCUT2D eigenvalue weighted by Crippen LogP contribution is 2.33. The van der Waals surface area contributed by atoms with Crippen molar-refractivity contribution < 1.29 is 9.53 Å². The number of rotatable bonds is 1. The fourth-order valence-corrected chi connectivity index (χ4v) is 3.28. The number of amides is 1. The Bertz CT molecular complexity index is 648. The van der Waals surface area contributed by atoms with Gasteiger partial charge in [0.15, 0.2) is 0 Å². The van der Waals surface area contributed by atoms with Crippen molar-refractivity contribution in [2.45, 2.75) is 25.7 Å². The molecular formula is C17H18BrNO2. The van der Waals surface area contributed by atoms with Crippen molar-refractivity contribution in [1.82, 2.24) is 4.90 Å². The molecule has 0 bridgehead atoms. The highest BCUT2D eigenvalue weighted by molar-refractivity contribution is 9.10. The van der Waals surface area contributed by atoms with Gasteiger partial charge in [0.25, 0.3) is 0 Å². The number of halogens is 1. The first-order valence-electron chi connectivity index (χ1n) is 7.40. The summed E-state index contributed by atoms with van der Waals surface area (Å²) in [5.41, 5.74) is 0. The van der Waals surface area contributed by atoms with E-state index < -0.39 is 0 Å². The molecule has 0 unspecified atom stereocenters. The van der Waals surface area contributed by atoms with Crippen molar-refractivity contribution in [3.05, 3.63) is 40.9 Å². The van der Waals surface area contributed by atoms with Crippen LogP contribution in [0.15, 0.2) is 40.9 Å². The van der Waals surface area contributed by atoms with Gasteiger partial charge in [0, 0.05) is 13.1 Å². The predicted octanol–water partition coefficient (Wildman–Crippen LogP) is 4.98. The van der Waals surface area contributed by atoms with Gasteiger partial charge >= 0.3 is 6.09 Å². The Labute approximate surface area is 133 Å². The lowest BCUT2D eigenvalue weighted by molar-refractivity contribution is 0.154. The van der Waals surface area contributed by atoms with Crippen molar-refractivity contribution in [1.29, 1.82) is 0 Å². The summed E-state index contributed by atoms with van der Waals surface area (Å²) in [6, 6.07) is 11.9. The minimum Gasteiger partial charge on any atom is -0.409 e. The van der Waals surface area contributed by atoms with Crippen molar-refractivity contribution >= 4 is 32.8 Å². The molecule has 2 aromatic carbocycles. The molecule has 1 saturated heterocycles. The molecule has 0 radical (unpaired) electrons. The summed E-state index contributed by atoms with van der Waals surface area (Å²) >= 11 is 3.55. The molecule has 110 valence electrons. The Morgan fingerprint density at radius 2 is 1.71 bits per heavy atom. The van der Waals surface area contributed by atoms with Gasteiger partial charge in [-0.1, -0.05) is 43.2 Å². The first-order chi connectivity index (χ1) is 10.3. The summed E-state index contributed by atoms with van der Waals surface area (Å²) in [5.74, 6) is 0.586. The highest BCUT2D eigenvalue weighted by Gasteiger charge is 2.18. The Hall–Kier alpha value is -1.55. The maximum Gasteiger partial charge on any atom is 0.415 e. The number of ether oxygens (including phenoxy) is 1. The largest absolute Gasteiger partial charge is 0.415 e. The van der Waals surface area contributed by atoms with Crippen LogP contribution < -0.4 is 4.74 Å². The normalized spacial score (nSPS) is 15.8. The van der Waals surface area contributed by atoms with Gasteiger partial charge in [0.1, 0.15) is 5.75 Å². The molecule has 0 spiro atoms. The molecule has 1 heterocycles. The zero-order chi connectivity index (χ0) is 14.7. The van der Waals surface area contributed by atoms with Gasteiger partial charge in [-0.25, -0.2) is 4.79 Å². The Morgan fingerprint density at radius 3 is 2.48 bits per heavy atom. The lowest BCUT2D eigenvalue weighted by Crippen LogP contribution is -2.34. The Balaban J connectivity index is 1.80. The van der Waals surface area contributed by atoms with Crippen molar-refractivity contribution in [3.8, 4) is 5.75 Å². The SMILES string of the molecule is O=C(Oc1ccc2ccccc2c1Br)N1CCCCCC1. The van der Waals surface area contributed by atoms with Crippen LogP contribution in [-0.4, -0.2) is 24.1 Å². The molecule has 0 atom stereocenters. The lowest BCUT2D eigenvalue weighted by Gasteiger charge is -2.20. The van der Waals surface area contributed by atoms with E-state index in [0.717, 1.165) is 41.2 Å². The molecule has 4 heteroatoms. The molecule has 0 aromatic heterocycles. The molecular weight excluding hydrogens is 330 g/mol. The zero-order valence-electron chi connectivity index (χ0n) is 11.8. The zero-order valence-corrected chi connectivity index (χ0v) is 13.4. The number of carbonyl (C=O) groups is 1. The van der Waals surface area contributed by atoms with Crippen LogP contribution in [0.4, 0.5) is 4.79 Å². The van der Waals surface area contributed by atoms with Crippen LogP contribution in [0.25, 0.3) is 10.8 Å². The average Bonchev–Trinajstić information content (AvgIpc) is 2.79. The second-order valence-corrected chi connectivity index (χ2v) is 6.16. The van der Waals surface area contributed by atoms with Crippen molar-refractivity contribution in [2.75, 3.05) is 13.1 Å². The predicted molar refractivity (Wildman–Crippen MR) is 87.7 cm³/mol. The van der Waals surface area contributed by atoms with Gasteiger partial charge < -0.3 is 9.64 Å². The summed E-state index contributed by atoms with van der Waals surface area (Å²) in [7, 11) is 0. The van der Waals surface area contributed by atoms with Gasteiger partial charge in [0.2, 0.25) is 0 Å². The van der Waals surface area contributed by atoms with Gasteiger partial charge in [-0.05, 0) is 45.6 Å². The summed E-state index contributed by atoms with van der Waals surface area (Å²) in [6.45, 7) is 1.59. The number of hydrogen-bond acceptors (Lipinski definition) is 2. The monoisotopic (exact) mass is 347 g/mol. The standard InChI is InChI=1S/C17H18BrNO2/c18-16-14-8-4-3-7-13(14)9-10-15(16)21-17(20)19-11-5-1-2-6-12-19/h3-4,7-10H,1-2,5-6,11-12H2. The van der Waals surface area contributed by atoms with Crippen molar-refractivity contribution in [2.24, 2.45) is 0 Å². The van der Waals surface area contributed by atoms with Crippen LogP contribution in [0.1, 0.15) is 25.7 Å². The molecule has 1 aliphatic rings. The molecule has 0 aliphatic carbocycles. The molecule has 0 saturated carbocycles. The number of benzene rings is 2. The van der Waals surface area contributed by atoms with Crippen LogP contribution in [-0.2, 0) is 0 Å². The number of fused-ring (bicyclic) bond motifs is 1. The molecule has 3 nitrogen and oxygen atoms in total. The van der Waals surface area contributed by atoms with E-state index in [4.69, 9.17) is 4.74 Å². The lowest BCUT2D eigenvalue weighted by atomic mass is 10.1. The summed E-state index contributed by atoms with van der Waals surface area (Å²) in [4.78, 5) is 14.1. The van der Waals surface area contributed by atoms with E-state index in [1.165, 1.54) is 12.8 Å². The summed E-state index contributed by atoms with van der Waals surface area (Å²) in [6.07, 6.45) is 4.28. The van der Waals surface area contributed by atoms with Gasteiger partial charge in [0.05, 0.1) is 4.47 Å². The van der Waals surface area contributed by atoms with E-state index in [-0.39, 0.29) is 6.09 Å². The number of nitrogens with zero attached hydrogens (tertiary/aromatic N) is 1. The number of carbonyl (C=O) groups excluding carboxylic acids is 1. The fourth-order valence-electron chi connectivity index (χ4n) is 2.70. The van der Waals surface area contributed by atoms with Crippen molar-refractivity contribution in [3.63, 3.8) is 0 Å². The van der Waals surface area contributed by atoms with Crippen LogP contribution in [0, 0.1) is 0 Å². The smallest absolute Gasteiger partial charge is 0.409 e. The Kier molecular flexibility index (Phi) is 4.44. The van der Waals surface area contributed by atoms with E-state index in [1.54, 1.807) is 0 Å². The van der Waals surface area contributed by atoms with E-state index in [9.17, 15) is 4.79 Å². The minimum absolute atomic E-state index is 0.243. The van der Waals surface area contributed by atoms with E-state index in [2.05, 4.69) is 15.9 Å². The Morgan fingerprint density at radius 1 is 1.00 bits per heavy atom. The third-order valence-electron chi connectivity index (χ3n) is 3.89. The maximum absolute atomic E-state index is 12.3. The number of likely N-dealkylation sites (tertiary alicyclic amines) is 1. The molecule has 1 amide bonds. The van der Waals surface area contributed by atoms with E-state index >= 15 is 0 Å². The summed E-state index contributed by atoms with van der Waals surface area (Å²) < 4.78 is 6.43. The molecule has 3 rings (SSSR count). The molecule has 1 aliphatic heterocycles.